The number of hydrogen-bond acceptors (Lipinski definition) is 5. The van der Waals surface area contributed by atoms with Gasteiger partial charge in [-0.05, 0) is 31.9 Å². The third-order valence-corrected chi connectivity index (χ3v) is 5.68. The van der Waals surface area contributed by atoms with Crippen molar-refractivity contribution in [1.82, 2.24) is 5.01 Å². The predicted octanol–water partition coefficient (Wildman–Crippen LogP) is 3.42. The van der Waals surface area contributed by atoms with E-state index in [2.05, 4.69) is 29.2 Å². The van der Waals surface area contributed by atoms with E-state index in [0.29, 0.717) is 19.4 Å². The quantitative estimate of drug-likeness (QED) is 0.365. The first-order valence-corrected chi connectivity index (χ1v) is 11.0. The second kappa shape index (κ2) is 13.0. The summed E-state index contributed by atoms with van der Waals surface area (Å²) in [6.07, 6.45) is 2.28. The minimum atomic E-state index is -1.26. The number of nitrogens with two attached hydrogens (primary N) is 2. The van der Waals surface area contributed by atoms with Crippen molar-refractivity contribution in [2.24, 2.45) is 21.6 Å². The topological polar surface area (TPSA) is 106 Å². The number of thioether (sulfide) groups is 1. The van der Waals surface area contributed by atoms with Crippen LogP contribution in [-0.4, -0.2) is 53.7 Å². The fraction of sp³-hybridized carbons (Fsp3) is 0.409. The Bertz CT molecular complexity index is 886. The molecule has 0 spiro atoms. The maximum absolute atomic E-state index is 14.0. The first-order chi connectivity index (χ1) is 15.3. The van der Waals surface area contributed by atoms with E-state index in [-0.39, 0.29) is 40.9 Å². The number of rotatable bonds is 7. The lowest BCUT2D eigenvalue weighted by Crippen LogP contribution is -2.33. The van der Waals surface area contributed by atoms with Crippen LogP contribution in [0.2, 0.25) is 0 Å². The molecule has 3 rings (SSSR count). The number of benzene rings is 1. The lowest BCUT2D eigenvalue weighted by atomic mass is 10.1. The Hall–Kier alpha value is -2.72. The molecular weight excluding hydrogens is 436 g/mol. The Morgan fingerprint density at radius 1 is 1.34 bits per heavy atom. The molecule has 0 saturated heterocycles. The largest absolute Gasteiger partial charge is 0.375 e. The molecule has 32 heavy (non-hydrogen) atoms. The van der Waals surface area contributed by atoms with Crippen LogP contribution in [0, 0.1) is 6.92 Å². The summed E-state index contributed by atoms with van der Waals surface area (Å²) in [4.78, 5) is 16.1. The molecule has 1 heterocycles. The fourth-order valence-corrected chi connectivity index (χ4v) is 4.14. The number of methoxy groups -OCH3 is 1. The number of aliphatic imine (C=N–C) groups is 1. The number of amides is 1. The number of carbonyl (C=O) groups excluding carboxylic acids is 1. The molecule has 1 aromatic carbocycles. The van der Waals surface area contributed by atoms with Crippen molar-refractivity contribution in [3.63, 3.8) is 0 Å². The number of ether oxygens (including phenoxy) is 1. The normalized spacial score (nSPS) is 19.9. The van der Waals surface area contributed by atoms with Crippen molar-refractivity contribution in [3.05, 3.63) is 59.4 Å². The van der Waals surface area contributed by atoms with E-state index < -0.39 is 12.0 Å². The number of aryl methyl sites for hydroxylation is 1. The highest BCUT2D eigenvalue weighted by molar-refractivity contribution is 8.15. The predicted molar refractivity (Wildman–Crippen MR) is 125 cm³/mol. The number of hydrogen-bond donors (Lipinski definition) is 2. The summed E-state index contributed by atoms with van der Waals surface area (Å²) in [5.41, 5.74) is 12.0. The van der Waals surface area contributed by atoms with Gasteiger partial charge in [-0.15, -0.1) is 0 Å². The molecule has 2 unspecified atom stereocenters. The summed E-state index contributed by atoms with van der Waals surface area (Å²) in [7, 11) is 1.40. The van der Waals surface area contributed by atoms with E-state index >= 15 is 0 Å². The van der Waals surface area contributed by atoms with Crippen molar-refractivity contribution in [2.45, 2.75) is 37.7 Å². The van der Waals surface area contributed by atoms with E-state index in [1.54, 1.807) is 0 Å². The number of guanidine groups is 1. The monoisotopic (exact) mass is 465 g/mol. The number of carbonyl (C=O) groups is 1. The van der Waals surface area contributed by atoms with Crippen molar-refractivity contribution < 1.29 is 18.3 Å². The van der Waals surface area contributed by atoms with Crippen LogP contribution in [0.1, 0.15) is 24.8 Å². The van der Waals surface area contributed by atoms with Crippen LogP contribution in [0.5, 0.6) is 0 Å². The summed E-state index contributed by atoms with van der Waals surface area (Å²) in [6, 6.07) is 10.3. The molecule has 2 atom stereocenters. The number of allylic oxidation sites excluding steroid dienone is 3. The molecule has 10 heteroatoms. The van der Waals surface area contributed by atoms with Gasteiger partial charge in [-0.3, -0.25) is 9.79 Å². The molecule has 0 radical (unpaired) electrons. The Labute approximate surface area is 191 Å². The first-order valence-electron chi connectivity index (χ1n) is 10.2. The second-order valence-corrected chi connectivity index (χ2v) is 8.30. The highest BCUT2D eigenvalue weighted by Crippen LogP contribution is 2.36. The van der Waals surface area contributed by atoms with Gasteiger partial charge in [-0.25, -0.2) is 13.8 Å². The minimum absolute atomic E-state index is 0.00153. The third kappa shape index (κ3) is 8.08. The van der Waals surface area contributed by atoms with Crippen LogP contribution >= 0.6 is 11.8 Å². The van der Waals surface area contributed by atoms with Crippen molar-refractivity contribution >= 4 is 28.7 Å². The molecule has 0 fully saturated rings. The Morgan fingerprint density at radius 2 is 2.06 bits per heavy atom. The highest BCUT2D eigenvalue weighted by atomic mass is 32.2. The van der Waals surface area contributed by atoms with Crippen LogP contribution in [0.3, 0.4) is 0 Å². The Kier molecular flexibility index (Phi) is 10.4. The molecule has 1 aromatic rings. The van der Waals surface area contributed by atoms with E-state index in [1.807, 2.05) is 18.2 Å². The zero-order chi connectivity index (χ0) is 23.5. The van der Waals surface area contributed by atoms with Crippen molar-refractivity contribution in [1.29, 1.82) is 0 Å². The van der Waals surface area contributed by atoms with Gasteiger partial charge in [0.05, 0.1) is 0 Å². The maximum Gasteiger partial charge on any atom is 0.269 e. The summed E-state index contributed by atoms with van der Waals surface area (Å²) in [5.74, 6) is -0.883. The maximum atomic E-state index is 14.0. The zero-order valence-electron chi connectivity index (χ0n) is 18.2. The SMILES string of the molecule is COCC(=O)N1N=C(C2=CC(F)CC=C2F)SC1CCCN=C(N)N.Cc1ccccc1. The number of alkyl halides is 1. The molecule has 1 amide bonds. The second-order valence-electron chi connectivity index (χ2n) is 7.14. The van der Waals surface area contributed by atoms with Gasteiger partial charge in [0.15, 0.2) is 5.96 Å². The molecule has 174 valence electrons. The smallest absolute Gasteiger partial charge is 0.269 e. The lowest BCUT2D eigenvalue weighted by Gasteiger charge is -2.20. The van der Waals surface area contributed by atoms with Gasteiger partial charge >= 0.3 is 0 Å². The summed E-state index contributed by atoms with van der Waals surface area (Å²) < 4.78 is 32.5. The van der Waals surface area contributed by atoms with Gasteiger partial charge in [-0.1, -0.05) is 47.7 Å². The van der Waals surface area contributed by atoms with Gasteiger partial charge in [0, 0.05) is 25.6 Å². The molecule has 2 aliphatic rings. The summed E-state index contributed by atoms with van der Waals surface area (Å²) in [5, 5.41) is 5.39. The molecule has 1 aliphatic carbocycles. The average Bonchev–Trinajstić information content (AvgIpc) is 3.18. The number of halogens is 2. The summed E-state index contributed by atoms with van der Waals surface area (Å²) in [6.45, 7) is 2.34. The minimum Gasteiger partial charge on any atom is -0.375 e. The standard InChI is InChI=1S/C15H21F2N5O2S.C7H8/c1-24-8-12(23)22-13(3-2-6-20-15(18)19)25-14(21-22)10-7-9(16)4-5-11(10)17;1-7-5-3-2-4-6-7/h5,7,9,13H,2-4,6,8H2,1H3,(H4,18,19,20);2-6H,1H3. The van der Waals surface area contributed by atoms with Crippen LogP contribution < -0.4 is 11.5 Å². The zero-order valence-corrected chi connectivity index (χ0v) is 19.0. The van der Waals surface area contributed by atoms with E-state index in [1.165, 1.54) is 41.6 Å². The molecular formula is C22H29F2N5O2S. The van der Waals surface area contributed by atoms with Gasteiger partial charge in [0.1, 0.15) is 29.0 Å². The van der Waals surface area contributed by atoms with Crippen LogP contribution in [0.25, 0.3) is 0 Å². The van der Waals surface area contributed by atoms with E-state index in [0.717, 1.165) is 0 Å². The van der Waals surface area contributed by atoms with Crippen LogP contribution in [-0.2, 0) is 9.53 Å². The molecule has 0 saturated carbocycles. The molecule has 4 N–H and O–H groups in total. The molecule has 1 aliphatic heterocycles. The van der Waals surface area contributed by atoms with Gasteiger partial charge < -0.3 is 16.2 Å². The fourth-order valence-electron chi connectivity index (χ4n) is 2.91. The Morgan fingerprint density at radius 3 is 2.66 bits per heavy atom. The average molecular weight is 466 g/mol. The van der Waals surface area contributed by atoms with Crippen molar-refractivity contribution in [2.75, 3.05) is 20.3 Å². The van der Waals surface area contributed by atoms with E-state index in [4.69, 9.17) is 16.2 Å². The summed E-state index contributed by atoms with van der Waals surface area (Å²) >= 11 is 1.22. The molecule has 0 bridgehead atoms. The van der Waals surface area contributed by atoms with Crippen LogP contribution in [0.4, 0.5) is 8.78 Å². The number of hydrazone groups is 1. The van der Waals surface area contributed by atoms with Gasteiger partial charge in [-0.2, -0.15) is 5.10 Å². The van der Waals surface area contributed by atoms with E-state index in [9.17, 15) is 13.6 Å². The molecule has 7 nitrogen and oxygen atoms in total. The third-order valence-electron chi connectivity index (χ3n) is 4.44. The number of nitrogens with zero attached hydrogens (tertiary/aromatic N) is 3. The van der Waals surface area contributed by atoms with Crippen molar-refractivity contribution in [3.8, 4) is 0 Å². The van der Waals surface area contributed by atoms with Crippen LogP contribution in [0.15, 0.2) is 64.0 Å². The van der Waals surface area contributed by atoms with Gasteiger partial charge in [0.2, 0.25) is 0 Å². The van der Waals surface area contributed by atoms with Gasteiger partial charge in [0.25, 0.3) is 5.91 Å². The first kappa shape index (κ1) is 25.5. The Balaban J connectivity index is 0.000000439. The molecule has 0 aromatic heterocycles. The lowest BCUT2D eigenvalue weighted by molar-refractivity contribution is -0.135. The highest BCUT2D eigenvalue weighted by Gasteiger charge is 2.34.